The Labute approximate surface area is 143 Å². The van der Waals surface area contributed by atoms with Gasteiger partial charge in [-0.3, -0.25) is 0 Å². The molecule has 5 nitrogen and oxygen atoms in total. The molecule has 8 heteroatoms. The molecule has 122 valence electrons. The van der Waals surface area contributed by atoms with Crippen molar-refractivity contribution >= 4 is 46.9 Å². The highest BCUT2D eigenvalue weighted by Crippen LogP contribution is 2.25. The van der Waals surface area contributed by atoms with Gasteiger partial charge in [0.15, 0.2) is 0 Å². The zero-order valence-electron chi connectivity index (χ0n) is 12.3. The van der Waals surface area contributed by atoms with E-state index in [1.54, 1.807) is 6.92 Å². The maximum Gasteiger partial charge on any atom is 0.440 e. The molecule has 1 atom stereocenters. The minimum Gasteiger partial charge on any atom is -0.443 e. The lowest BCUT2D eigenvalue weighted by atomic mass is 9.97. The maximum atomic E-state index is 11.9. The van der Waals surface area contributed by atoms with Gasteiger partial charge in [0.25, 0.3) is 0 Å². The van der Waals surface area contributed by atoms with E-state index in [4.69, 9.17) is 34.8 Å². The first-order valence-electron chi connectivity index (χ1n) is 6.37. The zero-order valence-corrected chi connectivity index (χ0v) is 14.6. The first kappa shape index (κ1) is 18.9. The number of hydrogen-bond donors (Lipinski definition) is 1. The average Bonchev–Trinajstić information content (AvgIpc) is 2.39. The number of alkyl halides is 3. The quantitative estimate of drug-likeness (QED) is 0.648. The summed E-state index contributed by atoms with van der Waals surface area (Å²) in [7, 11) is 0. The first-order valence-corrected chi connectivity index (χ1v) is 7.50. The Morgan fingerprint density at radius 3 is 2.23 bits per heavy atom. The molecular formula is C14H16Cl3NO4. The summed E-state index contributed by atoms with van der Waals surface area (Å²) < 4.78 is 2.83. The van der Waals surface area contributed by atoms with Gasteiger partial charge in [0.05, 0.1) is 5.92 Å². The van der Waals surface area contributed by atoms with Gasteiger partial charge in [0.2, 0.25) is 3.79 Å². The molecule has 0 radical (unpaired) electrons. The van der Waals surface area contributed by atoms with Crippen LogP contribution in [0, 0.1) is 13.8 Å². The average molecular weight is 369 g/mol. The number of amides is 1. The fourth-order valence-electron chi connectivity index (χ4n) is 1.75. The number of ether oxygens (including phenoxy) is 1. The fourth-order valence-corrected chi connectivity index (χ4v) is 1.92. The molecule has 1 amide bonds. The van der Waals surface area contributed by atoms with Crippen molar-refractivity contribution in [2.24, 2.45) is 0 Å². The van der Waals surface area contributed by atoms with Gasteiger partial charge in [-0.2, -0.15) is 0 Å². The van der Waals surface area contributed by atoms with Crippen LogP contribution in [-0.2, 0) is 14.4 Å². The highest BCUT2D eigenvalue weighted by atomic mass is 35.6. The number of benzene rings is 1. The van der Waals surface area contributed by atoms with Crippen LogP contribution in [-0.4, -0.2) is 22.5 Å². The predicted octanol–water partition coefficient (Wildman–Crippen LogP) is 3.96. The SMILES string of the molecule is Cc1cc(C)cc(C(C)C(=O)ONC(=O)OCC(Cl)(Cl)Cl)c1. The summed E-state index contributed by atoms with van der Waals surface area (Å²) in [4.78, 5) is 27.8. The molecular weight excluding hydrogens is 353 g/mol. The number of hydroxylamine groups is 1. The summed E-state index contributed by atoms with van der Waals surface area (Å²) in [6, 6.07) is 5.74. The summed E-state index contributed by atoms with van der Waals surface area (Å²) in [6.07, 6.45) is -1.02. The Bertz CT molecular complexity index is 537. The van der Waals surface area contributed by atoms with Gasteiger partial charge in [0.1, 0.15) is 6.61 Å². The second kappa shape index (κ2) is 7.90. The predicted molar refractivity (Wildman–Crippen MR) is 85.2 cm³/mol. The molecule has 0 bridgehead atoms. The van der Waals surface area contributed by atoms with Gasteiger partial charge >= 0.3 is 12.1 Å². The third-order valence-corrected chi connectivity index (χ3v) is 3.03. The Kier molecular flexibility index (Phi) is 6.78. The van der Waals surface area contributed by atoms with Crippen LogP contribution in [0.5, 0.6) is 0 Å². The van der Waals surface area contributed by atoms with Crippen molar-refractivity contribution in [2.45, 2.75) is 30.5 Å². The normalized spacial score (nSPS) is 12.5. The van der Waals surface area contributed by atoms with E-state index in [2.05, 4.69) is 9.57 Å². The molecule has 0 heterocycles. The number of rotatable bonds is 3. The van der Waals surface area contributed by atoms with Gasteiger partial charge in [-0.25, -0.2) is 9.59 Å². The Balaban J connectivity index is 2.52. The van der Waals surface area contributed by atoms with Crippen molar-refractivity contribution in [1.82, 2.24) is 5.48 Å². The van der Waals surface area contributed by atoms with Crippen LogP contribution in [0.3, 0.4) is 0 Å². The van der Waals surface area contributed by atoms with Crippen molar-refractivity contribution < 1.29 is 19.2 Å². The van der Waals surface area contributed by atoms with E-state index in [0.29, 0.717) is 0 Å². The van der Waals surface area contributed by atoms with Gasteiger partial charge in [-0.05, 0) is 26.3 Å². The molecule has 0 fully saturated rings. The molecule has 22 heavy (non-hydrogen) atoms. The van der Waals surface area contributed by atoms with Crippen molar-refractivity contribution in [2.75, 3.05) is 6.61 Å². The molecule has 1 rings (SSSR count). The molecule has 1 N–H and O–H groups in total. The lowest BCUT2D eigenvalue weighted by Crippen LogP contribution is -2.31. The molecule has 0 aliphatic carbocycles. The number of nitrogens with one attached hydrogen (secondary N) is 1. The van der Waals surface area contributed by atoms with Gasteiger partial charge < -0.3 is 9.57 Å². The molecule has 0 aromatic heterocycles. The minimum absolute atomic E-state index is 0.465. The van der Waals surface area contributed by atoms with Crippen molar-refractivity contribution in [3.8, 4) is 0 Å². The standard InChI is InChI=1S/C14H16Cl3NO4/c1-8-4-9(2)6-11(5-8)10(3)12(19)22-18-13(20)21-7-14(15,16)17/h4-6,10H,7H2,1-3H3,(H,18,20). The number of carbonyl (C=O) groups excluding carboxylic acids is 2. The molecule has 0 aliphatic rings. The number of halogens is 3. The fraction of sp³-hybridized carbons (Fsp3) is 0.429. The summed E-state index contributed by atoms with van der Waals surface area (Å²) in [6.45, 7) is 5.07. The van der Waals surface area contributed by atoms with Crippen LogP contribution in [0.25, 0.3) is 0 Å². The van der Waals surface area contributed by atoms with E-state index in [1.165, 1.54) is 0 Å². The number of carbonyl (C=O) groups is 2. The Morgan fingerprint density at radius 2 is 1.73 bits per heavy atom. The van der Waals surface area contributed by atoms with Gasteiger partial charge in [0, 0.05) is 0 Å². The minimum atomic E-state index is -1.73. The Morgan fingerprint density at radius 1 is 1.18 bits per heavy atom. The highest BCUT2D eigenvalue weighted by molar-refractivity contribution is 6.67. The molecule has 1 unspecified atom stereocenters. The van der Waals surface area contributed by atoms with Crippen LogP contribution in [0.15, 0.2) is 18.2 Å². The second-order valence-corrected chi connectivity index (χ2v) is 7.37. The topological polar surface area (TPSA) is 64.6 Å². The number of aryl methyl sites for hydroxylation is 2. The van der Waals surface area contributed by atoms with Crippen LogP contribution < -0.4 is 5.48 Å². The molecule has 0 saturated heterocycles. The lowest BCUT2D eigenvalue weighted by Gasteiger charge is -2.14. The van der Waals surface area contributed by atoms with Crippen molar-refractivity contribution in [3.63, 3.8) is 0 Å². The Hall–Kier alpha value is -1.17. The van der Waals surface area contributed by atoms with Gasteiger partial charge in [-0.15, -0.1) is 5.48 Å². The molecule has 0 spiro atoms. The van der Waals surface area contributed by atoms with E-state index < -0.39 is 28.4 Å². The van der Waals surface area contributed by atoms with Crippen LogP contribution in [0.2, 0.25) is 0 Å². The van der Waals surface area contributed by atoms with Crippen LogP contribution in [0.1, 0.15) is 29.5 Å². The van der Waals surface area contributed by atoms with Crippen molar-refractivity contribution in [1.29, 1.82) is 0 Å². The van der Waals surface area contributed by atoms with Crippen LogP contribution in [0.4, 0.5) is 4.79 Å². The second-order valence-electron chi connectivity index (χ2n) is 4.86. The summed E-state index contributed by atoms with van der Waals surface area (Å²) in [5.41, 5.74) is 4.70. The monoisotopic (exact) mass is 367 g/mol. The molecule has 0 saturated carbocycles. The summed E-state index contributed by atoms with van der Waals surface area (Å²) >= 11 is 16.3. The highest BCUT2D eigenvalue weighted by Gasteiger charge is 2.23. The third-order valence-electron chi connectivity index (χ3n) is 2.70. The van der Waals surface area contributed by atoms with E-state index >= 15 is 0 Å². The van der Waals surface area contributed by atoms with E-state index in [0.717, 1.165) is 16.7 Å². The third kappa shape index (κ3) is 6.73. The van der Waals surface area contributed by atoms with E-state index in [9.17, 15) is 9.59 Å². The number of hydrogen-bond acceptors (Lipinski definition) is 4. The smallest absolute Gasteiger partial charge is 0.440 e. The summed E-state index contributed by atoms with van der Waals surface area (Å²) in [5.74, 6) is -1.18. The lowest BCUT2D eigenvalue weighted by molar-refractivity contribution is -0.151. The van der Waals surface area contributed by atoms with Crippen molar-refractivity contribution in [3.05, 3.63) is 34.9 Å². The molecule has 1 aromatic rings. The van der Waals surface area contributed by atoms with E-state index in [-0.39, 0.29) is 0 Å². The zero-order chi connectivity index (χ0) is 16.9. The first-order chi connectivity index (χ1) is 10.1. The molecule has 0 aliphatic heterocycles. The summed E-state index contributed by atoms with van der Waals surface area (Å²) in [5, 5.41) is 0. The van der Waals surface area contributed by atoms with Gasteiger partial charge in [-0.1, -0.05) is 64.1 Å². The molecule has 1 aromatic carbocycles. The van der Waals surface area contributed by atoms with E-state index in [1.807, 2.05) is 37.5 Å². The largest absolute Gasteiger partial charge is 0.443 e. The maximum absolute atomic E-state index is 11.9. The van der Waals surface area contributed by atoms with Crippen LogP contribution >= 0.6 is 34.8 Å².